The lowest BCUT2D eigenvalue weighted by atomic mass is 10.2. The number of carbonyl (C=O) groups excluding carboxylic acids is 1. The third-order valence-electron chi connectivity index (χ3n) is 4.37. The minimum atomic E-state index is -2.77. The van der Waals surface area contributed by atoms with E-state index >= 15 is 0 Å². The van der Waals surface area contributed by atoms with E-state index in [4.69, 9.17) is 9.53 Å². The first-order valence-electron chi connectivity index (χ1n) is 8.51. The topological polar surface area (TPSA) is 75.6 Å². The molecule has 26 heavy (non-hydrogen) atoms. The molecule has 0 heterocycles. The first-order valence-corrected chi connectivity index (χ1v) is 10.4. The highest BCUT2D eigenvalue weighted by atomic mass is 28.4. The number of hydrogen-bond donors (Lipinski definition) is 2. The van der Waals surface area contributed by atoms with Gasteiger partial charge in [-0.15, -0.1) is 0 Å². The van der Waals surface area contributed by atoms with E-state index in [1.807, 2.05) is 60.7 Å². The normalized spacial score (nSPS) is 13.0. The van der Waals surface area contributed by atoms with Crippen LogP contribution in [0, 0.1) is 0 Å². The molecule has 6 heteroatoms. The Balaban J connectivity index is 2.53. The summed E-state index contributed by atoms with van der Waals surface area (Å²) in [5.41, 5.74) is 0. The number of carboxylic acid groups (broad SMARTS) is 1. The van der Waals surface area contributed by atoms with Gasteiger partial charge in [-0.2, -0.15) is 0 Å². The molecular weight excluding hydrogens is 346 g/mol. The summed E-state index contributed by atoms with van der Waals surface area (Å²) < 4.78 is 6.50. The molecule has 138 valence electrons. The second kappa shape index (κ2) is 8.29. The molecule has 0 aliphatic heterocycles. The van der Waals surface area contributed by atoms with Gasteiger partial charge in [0, 0.05) is 0 Å². The van der Waals surface area contributed by atoms with Gasteiger partial charge in [-0.3, -0.25) is 0 Å². The molecule has 0 aliphatic carbocycles. The van der Waals surface area contributed by atoms with Crippen LogP contribution in [0.5, 0.6) is 0 Å². The Kier molecular flexibility index (Phi) is 6.34. The maximum Gasteiger partial charge on any atom is 0.405 e. The minimum absolute atomic E-state index is 0.0108. The van der Waals surface area contributed by atoms with Crippen LogP contribution < -0.4 is 15.7 Å². The van der Waals surface area contributed by atoms with Crippen LogP contribution in [0.3, 0.4) is 0 Å². The van der Waals surface area contributed by atoms with Gasteiger partial charge in [0.15, 0.2) is 0 Å². The standard InChI is InChI=1S/C20H25NO4Si/c1-20(2,3)26(17-10-6-4-7-11-17,18-12-8-5-9-13-18)25-15-16(14-22)21-19(23)24/h4-14,16,21H,15H2,1-3H3,(H,23,24)/t16-/m0/s1. The van der Waals surface area contributed by atoms with Gasteiger partial charge in [-0.1, -0.05) is 81.4 Å². The summed E-state index contributed by atoms with van der Waals surface area (Å²) >= 11 is 0. The monoisotopic (exact) mass is 371 g/mol. The van der Waals surface area contributed by atoms with Crippen molar-refractivity contribution in [2.75, 3.05) is 6.61 Å². The fourth-order valence-electron chi connectivity index (χ4n) is 3.25. The van der Waals surface area contributed by atoms with Crippen LogP contribution in [0.1, 0.15) is 20.8 Å². The highest BCUT2D eigenvalue weighted by Crippen LogP contribution is 2.36. The van der Waals surface area contributed by atoms with Gasteiger partial charge in [-0.05, 0) is 15.4 Å². The number of benzene rings is 2. The van der Waals surface area contributed by atoms with Crippen molar-refractivity contribution in [2.24, 2.45) is 0 Å². The predicted molar refractivity (Wildman–Crippen MR) is 105 cm³/mol. The predicted octanol–water partition coefficient (Wildman–Crippen LogP) is 2.40. The molecule has 0 radical (unpaired) electrons. The molecule has 2 aromatic carbocycles. The third kappa shape index (κ3) is 4.20. The van der Waals surface area contributed by atoms with Gasteiger partial charge in [0.1, 0.15) is 12.3 Å². The lowest BCUT2D eigenvalue weighted by Gasteiger charge is -2.43. The van der Waals surface area contributed by atoms with Crippen LogP contribution in [0.4, 0.5) is 4.79 Å². The molecule has 0 aromatic heterocycles. The number of carbonyl (C=O) groups is 2. The van der Waals surface area contributed by atoms with E-state index in [1.54, 1.807) is 0 Å². The minimum Gasteiger partial charge on any atom is -0.465 e. The molecule has 0 aliphatic rings. The Hall–Kier alpha value is -2.44. The Morgan fingerprint density at radius 3 is 1.88 bits per heavy atom. The average molecular weight is 372 g/mol. The lowest BCUT2D eigenvalue weighted by Crippen LogP contribution is -2.67. The second-order valence-corrected chi connectivity index (χ2v) is 11.5. The van der Waals surface area contributed by atoms with Crippen LogP contribution in [0.2, 0.25) is 5.04 Å². The largest absolute Gasteiger partial charge is 0.465 e. The van der Waals surface area contributed by atoms with E-state index in [1.165, 1.54) is 0 Å². The van der Waals surface area contributed by atoms with Gasteiger partial charge in [-0.25, -0.2) is 4.79 Å². The molecule has 2 aromatic rings. The number of amides is 1. The van der Waals surface area contributed by atoms with E-state index in [9.17, 15) is 9.59 Å². The number of nitrogens with one attached hydrogen (secondary N) is 1. The van der Waals surface area contributed by atoms with Gasteiger partial charge >= 0.3 is 6.09 Å². The molecular formula is C20H25NO4Si. The van der Waals surface area contributed by atoms with Crippen molar-refractivity contribution >= 4 is 31.1 Å². The number of aldehydes is 1. The Bertz CT molecular complexity index is 689. The number of rotatable bonds is 7. The fourth-order valence-corrected chi connectivity index (χ4v) is 7.83. The van der Waals surface area contributed by atoms with Crippen molar-refractivity contribution in [2.45, 2.75) is 31.9 Å². The van der Waals surface area contributed by atoms with Crippen molar-refractivity contribution in [3.05, 3.63) is 60.7 Å². The quantitative estimate of drug-likeness (QED) is 0.579. The van der Waals surface area contributed by atoms with Gasteiger partial charge < -0.3 is 19.6 Å². The summed E-state index contributed by atoms with van der Waals surface area (Å²) in [5.74, 6) is 0. The Morgan fingerprint density at radius 1 is 1.08 bits per heavy atom. The fraction of sp³-hybridized carbons (Fsp3) is 0.300. The Labute approximate surface area is 155 Å². The third-order valence-corrected chi connectivity index (χ3v) is 9.37. The molecule has 0 unspecified atom stereocenters. The van der Waals surface area contributed by atoms with Gasteiger partial charge in [0.2, 0.25) is 0 Å². The highest BCUT2D eigenvalue weighted by molar-refractivity contribution is 6.99. The maximum atomic E-state index is 11.3. The van der Waals surface area contributed by atoms with Crippen molar-refractivity contribution in [3.8, 4) is 0 Å². The van der Waals surface area contributed by atoms with Crippen LogP contribution in [0.15, 0.2) is 60.7 Å². The van der Waals surface area contributed by atoms with Gasteiger partial charge in [0.25, 0.3) is 8.32 Å². The van der Waals surface area contributed by atoms with E-state index in [-0.39, 0.29) is 11.6 Å². The van der Waals surface area contributed by atoms with Crippen molar-refractivity contribution in [1.29, 1.82) is 0 Å². The first-order chi connectivity index (χ1) is 12.3. The molecule has 2 N–H and O–H groups in total. The SMILES string of the molecule is CC(C)(C)[Si](OC[C@H](C=O)NC(=O)O)(c1ccccc1)c1ccccc1. The van der Waals surface area contributed by atoms with Crippen LogP contribution in [-0.2, 0) is 9.22 Å². The van der Waals surface area contributed by atoms with E-state index in [2.05, 4.69) is 26.1 Å². The zero-order valence-electron chi connectivity index (χ0n) is 15.3. The van der Waals surface area contributed by atoms with Crippen molar-refractivity contribution < 1.29 is 19.1 Å². The van der Waals surface area contributed by atoms with Crippen LogP contribution >= 0.6 is 0 Å². The molecule has 1 atom stereocenters. The van der Waals surface area contributed by atoms with Gasteiger partial charge in [0.05, 0.1) is 6.61 Å². The van der Waals surface area contributed by atoms with E-state index < -0.39 is 20.5 Å². The van der Waals surface area contributed by atoms with Crippen LogP contribution in [-0.4, -0.2) is 38.5 Å². The maximum absolute atomic E-state index is 11.3. The molecule has 0 fully saturated rings. The first kappa shape index (κ1) is 19.9. The van der Waals surface area contributed by atoms with Crippen molar-refractivity contribution in [3.63, 3.8) is 0 Å². The molecule has 0 saturated carbocycles. The smallest absolute Gasteiger partial charge is 0.405 e. The highest BCUT2D eigenvalue weighted by Gasteiger charge is 2.50. The molecule has 5 nitrogen and oxygen atoms in total. The Morgan fingerprint density at radius 2 is 1.54 bits per heavy atom. The van der Waals surface area contributed by atoms with Crippen molar-refractivity contribution in [1.82, 2.24) is 5.32 Å². The lowest BCUT2D eigenvalue weighted by molar-refractivity contribution is -0.110. The summed E-state index contributed by atoms with van der Waals surface area (Å²) in [5, 5.41) is 13.1. The summed E-state index contributed by atoms with van der Waals surface area (Å²) in [7, 11) is -2.77. The molecule has 0 spiro atoms. The number of hydrogen-bond acceptors (Lipinski definition) is 3. The molecule has 0 saturated heterocycles. The average Bonchev–Trinajstić information content (AvgIpc) is 2.61. The van der Waals surface area contributed by atoms with E-state index in [0.29, 0.717) is 6.29 Å². The zero-order chi connectivity index (χ0) is 19.2. The summed E-state index contributed by atoms with van der Waals surface area (Å²) in [4.78, 5) is 22.2. The second-order valence-electron chi connectivity index (χ2n) is 7.17. The molecule has 0 bridgehead atoms. The molecule has 1 amide bonds. The summed E-state index contributed by atoms with van der Waals surface area (Å²) in [6.07, 6.45) is -0.667. The van der Waals surface area contributed by atoms with Crippen LogP contribution in [0.25, 0.3) is 0 Å². The summed E-state index contributed by atoms with van der Waals surface area (Å²) in [6.45, 7) is 6.36. The van der Waals surface area contributed by atoms with E-state index in [0.717, 1.165) is 10.4 Å². The molecule has 2 rings (SSSR count). The zero-order valence-corrected chi connectivity index (χ0v) is 16.3. The summed E-state index contributed by atoms with van der Waals surface area (Å²) in [6, 6.07) is 19.1.